The standard InChI is InChI=1S/C22H16Cl2FN3O/c1-12-10-18(27-11-17(12)25)28-21(19-15(23)5-2-6-16(19)24)14-8-7-13-4-3-9-26-20(13)22(14)29/h2-11,21,29H,1H3,(H,27,28). The number of pyridine rings is 2. The van der Waals surface area contributed by atoms with Crippen LogP contribution in [0.3, 0.4) is 0 Å². The fourth-order valence-electron chi connectivity index (χ4n) is 3.24. The largest absolute Gasteiger partial charge is 0.505 e. The summed E-state index contributed by atoms with van der Waals surface area (Å²) in [5.41, 5.74) is 2.00. The van der Waals surface area contributed by atoms with Crippen LogP contribution in [0.25, 0.3) is 10.9 Å². The van der Waals surface area contributed by atoms with E-state index in [0.717, 1.165) is 11.6 Å². The molecule has 0 aliphatic carbocycles. The average molecular weight is 428 g/mol. The van der Waals surface area contributed by atoms with Crippen LogP contribution in [-0.2, 0) is 0 Å². The van der Waals surface area contributed by atoms with Crippen LogP contribution in [0.1, 0.15) is 22.7 Å². The van der Waals surface area contributed by atoms with Crippen molar-refractivity contribution < 1.29 is 9.50 Å². The van der Waals surface area contributed by atoms with Crippen LogP contribution in [0.2, 0.25) is 10.0 Å². The number of nitrogens with one attached hydrogen (secondary N) is 1. The fourth-order valence-corrected chi connectivity index (χ4v) is 3.85. The van der Waals surface area contributed by atoms with Crippen molar-refractivity contribution in [2.24, 2.45) is 0 Å². The SMILES string of the molecule is Cc1cc(NC(c2ccc3cccnc3c2O)c2c(Cl)cccc2Cl)ncc1F. The number of aryl methyl sites for hydroxylation is 1. The molecule has 1 atom stereocenters. The van der Waals surface area contributed by atoms with Gasteiger partial charge in [-0.2, -0.15) is 0 Å². The van der Waals surface area contributed by atoms with Crippen molar-refractivity contribution in [3.8, 4) is 5.75 Å². The van der Waals surface area contributed by atoms with Gasteiger partial charge < -0.3 is 10.4 Å². The monoisotopic (exact) mass is 427 g/mol. The molecule has 0 radical (unpaired) electrons. The highest BCUT2D eigenvalue weighted by atomic mass is 35.5. The van der Waals surface area contributed by atoms with Crippen LogP contribution >= 0.6 is 23.2 Å². The summed E-state index contributed by atoms with van der Waals surface area (Å²) in [5, 5.41) is 15.9. The summed E-state index contributed by atoms with van der Waals surface area (Å²) in [5.74, 6) is 0.0291. The molecule has 2 N–H and O–H groups in total. The van der Waals surface area contributed by atoms with E-state index in [2.05, 4.69) is 15.3 Å². The Hall–Kier alpha value is -2.89. The minimum atomic E-state index is -0.639. The summed E-state index contributed by atoms with van der Waals surface area (Å²) in [6.07, 6.45) is 2.76. The Bertz CT molecular complexity index is 1200. The molecule has 0 aliphatic rings. The quantitative estimate of drug-likeness (QED) is 0.401. The van der Waals surface area contributed by atoms with Crippen molar-refractivity contribution in [2.75, 3.05) is 5.32 Å². The predicted octanol–water partition coefficient (Wildman–Crippen LogP) is 6.29. The number of hydrogen-bond acceptors (Lipinski definition) is 4. The van der Waals surface area contributed by atoms with Gasteiger partial charge in [-0.25, -0.2) is 9.37 Å². The summed E-state index contributed by atoms with van der Waals surface area (Å²) < 4.78 is 13.7. The topological polar surface area (TPSA) is 58.0 Å². The summed E-state index contributed by atoms with van der Waals surface area (Å²) in [6.45, 7) is 1.65. The summed E-state index contributed by atoms with van der Waals surface area (Å²) in [4.78, 5) is 8.40. The van der Waals surface area contributed by atoms with E-state index in [9.17, 15) is 9.50 Å². The van der Waals surface area contributed by atoms with Crippen LogP contribution in [0.15, 0.2) is 60.9 Å². The summed E-state index contributed by atoms with van der Waals surface area (Å²) in [7, 11) is 0. The number of benzene rings is 2. The third-order valence-corrected chi connectivity index (χ3v) is 5.38. The van der Waals surface area contributed by atoms with E-state index in [4.69, 9.17) is 23.2 Å². The number of anilines is 1. The molecule has 0 bridgehead atoms. The number of fused-ring (bicyclic) bond motifs is 1. The van der Waals surface area contributed by atoms with Crippen molar-refractivity contribution in [2.45, 2.75) is 13.0 Å². The van der Waals surface area contributed by atoms with Gasteiger partial charge >= 0.3 is 0 Å². The Morgan fingerprint density at radius 3 is 2.52 bits per heavy atom. The number of phenolic OH excluding ortho intramolecular Hbond substituents is 1. The van der Waals surface area contributed by atoms with Gasteiger partial charge in [-0.3, -0.25) is 4.98 Å². The highest BCUT2D eigenvalue weighted by molar-refractivity contribution is 6.36. The second-order valence-electron chi connectivity index (χ2n) is 6.61. The molecule has 4 nitrogen and oxygen atoms in total. The second kappa shape index (κ2) is 7.85. The van der Waals surface area contributed by atoms with Crippen LogP contribution < -0.4 is 5.32 Å². The lowest BCUT2D eigenvalue weighted by Gasteiger charge is -2.24. The predicted molar refractivity (Wildman–Crippen MR) is 114 cm³/mol. The number of nitrogens with zero attached hydrogens (tertiary/aromatic N) is 2. The molecule has 0 amide bonds. The highest BCUT2D eigenvalue weighted by Crippen LogP contribution is 2.41. The minimum absolute atomic E-state index is 0.00965. The van der Waals surface area contributed by atoms with Gasteiger partial charge in [0.05, 0.1) is 12.2 Å². The van der Waals surface area contributed by atoms with Gasteiger partial charge in [0, 0.05) is 32.8 Å². The first-order chi connectivity index (χ1) is 14.0. The van der Waals surface area contributed by atoms with Crippen LogP contribution in [0.5, 0.6) is 5.75 Å². The molecule has 0 fully saturated rings. The molecule has 146 valence electrons. The van der Waals surface area contributed by atoms with Crippen molar-refractivity contribution >= 4 is 39.9 Å². The number of rotatable bonds is 4. The smallest absolute Gasteiger partial charge is 0.147 e. The molecule has 4 rings (SSSR count). The van der Waals surface area contributed by atoms with E-state index in [1.165, 1.54) is 0 Å². The van der Waals surface area contributed by atoms with Crippen LogP contribution in [0, 0.1) is 12.7 Å². The Morgan fingerprint density at radius 1 is 1.03 bits per heavy atom. The van der Waals surface area contributed by atoms with Gasteiger partial charge in [0.2, 0.25) is 0 Å². The Morgan fingerprint density at radius 2 is 1.79 bits per heavy atom. The van der Waals surface area contributed by atoms with E-state index in [-0.39, 0.29) is 5.75 Å². The lowest BCUT2D eigenvalue weighted by molar-refractivity contribution is 0.471. The van der Waals surface area contributed by atoms with Crippen molar-refractivity contribution in [3.05, 3.63) is 93.5 Å². The maximum absolute atomic E-state index is 13.7. The Kier molecular flexibility index (Phi) is 5.26. The fraction of sp³-hybridized carbons (Fsp3) is 0.0909. The molecular formula is C22H16Cl2FN3O. The third-order valence-electron chi connectivity index (χ3n) is 4.72. The summed E-state index contributed by atoms with van der Waals surface area (Å²) >= 11 is 12.9. The molecule has 29 heavy (non-hydrogen) atoms. The summed E-state index contributed by atoms with van der Waals surface area (Å²) in [6, 6.07) is 13.4. The molecule has 4 aromatic rings. The van der Waals surface area contributed by atoms with E-state index in [0.29, 0.717) is 38.1 Å². The molecule has 2 aromatic carbocycles. The number of hydrogen-bond donors (Lipinski definition) is 2. The zero-order chi connectivity index (χ0) is 20.5. The van der Waals surface area contributed by atoms with E-state index in [1.54, 1.807) is 49.5 Å². The first-order valence-corrected chi connectivity index (χ1v) is 9.60. The van der Waals surface area contributed by atoms with Crippen LogP contribution in [-0.4, -0.2) is 15.1 Å². The molecule has 1 unspecified atom stereocenters. The molecule has 0 saturated heterocycles. The maximum atomic E-state index is 13.7. The number of aromatic hydroxyl groups is 1. The average Bonchev–Trinajstić information content (AvgIpc) is 2.70. The lowest BCUT2D eigenvalue weighted by Crippen LogP contribution is -2.15. The number of halogens is 3. The van der Waals surface area contributed by atoms with Crippen molar-refractivity contribution in [1.82, 2.24) is 9.97 Å². The van der Waals surface area contributed by atoms with E-state index in [1.807, 2.05) is 12.1 Å². The van der Waals surface area contributed by atoms with E-state index >= 15 is 0 Å². The van der Waals surface area contributed by atoms with Crippen LogP contribution in [0.4, 0.5) is 10.2 Å². The molecular weight excluding hydrogens is 412 g/mol. The van der Waals surface area contributed by atoms with Crippen molar-refractivity contribution in [3.63, 3.8) is 0 Å². The molecule has 0 saturated carbocycles. The van der Waals surface area contributed by atoms with Gasteiger partial charge in [0.1, 0.15) is 22.9 Å². The zero-order valence-corrected chi connectivity index (χ0v) is 16.8. The number of aromatic nitrogens is 2. The van der Waals surface area contributed by atoms with E-state index < -0.39 is 11.9 Å². The molecule has 0 aliphatic heterocycles. The maximum Gasteiger partial charge on any atom is 0.147 e. The first kappa shape index (κ1) is 19.4. The third kappa shape index (κ3) is 3.71. The lowest BCUT2D eigenvalue weighted by atomic mass is 9.96. The first-order valence-electron chi connectivity index (χ1n) is 8.85. The Balaban J connectivity index is 1.91. The van der Waals surface area contributed by atoms with Gasteiger partial charge in [-0.1, -0.05) is 47.5 Å². The van der Waals surface area contributed by atoms with Crippen molar-refractivity contribution in [1.29, 1.82) is 0 Å². The normalized spacial score (nSPS) is 12.1. The molecule has 2 aromatic heterocycles. The van der Waals surface area contributed by atoms with Gasteiger partial charge in [-0.15, -0.1) is 0 Å². The molecule has 7 heteroatoms. The highest BCUT2D eigenvalue weighted by Gasteiger charge is 2.25. The molecule has 0 spiro atoms. The van der Waals surface area contributed by atoms with Gasteiger partial charge in [-0.05, 0) is 36.8 Å². The minimum Gasteiger partial charge on any atom is -0.505 e. The number of phenols is 1. The van der Waals surface area contributed by atoms with Gasteiger partial charge in [0.25, 0.3) is 0 Å². The Labute approximate surface area is 177 Å². The van der Waals surface area contributed by atoms with Gasteiger partial charge in [0.15, 0.2) is 0 Å². The second-order valence-corrected chi connectivity index (χ2v) is 7.42. The molecule has 2 heterocycles. The zero-order valence-electron chi connectivity index (χ0n) is 15.3.